The number of hydrogen-bond acceptors (Lipinski definition) is 3. The van der Waals surface area contributed by atoms with E-state index < -0.39 is 11.8 Å². The van der Waals surface area contributed by atoms with E-state index in [2.05, 4.69) is 6.92 Å². The molecule has 0 saturated carbocycles. The first-order valence-corrected chi connectivity index (χ1v) is 5.14. The molecule has 3 N–H and O–H groups in total. The molecule has 0 aliphatic rings. The molecule has 4 nitrogen and oxygen atoms in total. The first kappa shape index (κ1) is 13.4. The summed E-state index contributed by atoms with van der Waals surface area (Å²) in [5.41, 5.74) is 0. The Morgan fingerprint density at radius 3 is 2.29 bits per heavy atom. The Bertz CT molecular complexity index is 166. The van der Waals surface area contributed by atoms with Crippen LogP contribution in [-0.4, -0.2) is 27.1 Å². The van der Waals surface area contributed by atoms with E-state index in [0.717, 1.165) is 25.7 Å². The molecule has 0 fully saturated rings. The third kappa shape index (κ3) is 8.01. The predicted octanol–water partition coefficient (Wildman–Crippen LogP) is 1.50. The number of hydrogen-bond donors (Lipinski definition) is 3. The summed E-state index contributed by atoms with van der Waals surface area (Å²) in [5, 5.41) is 27.1. The summed E-state index contributed by atoms with van der Waals surface area (Å²) in [4.78, 5) is 10.2. The summed E-state index contributed by atoms with van der Waals surface area (Å²) in [6.07, 6.45) is 3.86. The Hall–Kier alpha value is -0.610. The maximum atomic E-state index is 10.2. The van der Waals surface area contributed by atoms with Gasteiger partial charge in [-0.1, -0.05) is 26.2 Å². The van der Waals surface area contributed by atoms with Gasteiger partial charge in [-0.25, -0.2) is 0 Å². The molecule has 0 spiro atoms. The van der Waals surface area contributed by atoms with Crippen molar-refractivity contribution in [1.29, 1.82) is 0 Å². The average molecular weight is 204 g/mol. The highest BCUT2D eigenvalue weighted by molar-refractivity contribution is 5.66. The summed E-state index contributed by atoms with van der Waals surface area (Å²) in [6.45, 7) is 2.08. The summed E-state index contributed by atoms with van der Waals surface area (Å²) in [6, 6.07) is 0. The fourth-order valence-electron chi connectivity index (χ4n) is 1.27. The molecule has 0 aromatic carbocycles. The van der Waals surface area contributed by atoms with E-state index in [1.807, 2.05) is 0 Å². The molecule has 14 heavy (non-hydrogen) atoms. The Balaban J connectivity index is 3.55. The normalized spacial score (nSPS) is 11.6. The highest BCUT2D eigenvalue weighted by Crippen LogP contribution is 2.18. The molecule has 0 amide bonds. The Labute approximate surface area is 84.6 Å². The number of rotatable bonds is 8. The van der Waals surface area contributed by atoms with E-state index in [0.29, 0.717) is 0 Å². The largest absolute Gasteiger partial charge is 0.481 e. The van der Waals surface area contributed by atoms with E-state index in [1.165, 1.54) is 0 Å². The van der Waals surface area contributed by atoms with Crippen LogP contribution in [0.25, 0.3) is 0 Å². The lowest BCUT2D eigenvalue weighted by molar-refractivity contribution is -0.176. The monoisotopic (exact) mass is 204 g/mol. The molecule has 0 unspecified atom stereocenters. The van der Waals surface area contributed by atoms with E-state index in [-0.39, 0.29) is 19.3 Å². The Morgan fingerprint density at radius 1 is 1.14 bits per heavy atom. The van der Waals surface area contributed by atoms with Crippen molar-refractivity contribution in [3.63, 3.8) is 0 Å². The van der Waals surface area contributed by atoms with Crippen LogP contribution in [-0.2, 0) is 4.79 Å². The summed E-state index contributed by atoms with van der Waals surface area (Å²) < 4.78 is 0. The third-order valence-corrected chi connectivity index (χ3v) is 2.17. The minimum Gasteiger partial charge on any atom is -0.481 e. The molecule has 0 aliphatic heterocycles. The first-order chi connectivity index (χ1) is 6.48. The van der Waals surface area contributed by atoms with E-state index in [4.69, 9.17) is 5.11 Å². The van der Waals surface area contributed by atoms with Gasteiger partial charge in [-0.3, -0.25) is 4.79 Å². The van der Waals surface area contributed by atoms with Crippen molar-refractivity contribution in [2.45, 2.75) is 57.7 Å². The van der Waals surface area contributed by atoms with Gasteiger partial charge >= 0.3 is 5.97 Å². The van der Waals surface area contributed by atoms with Crippen molar-refractivity contribution < 1.29 is 20.1 Å². The van der Waals surface area contributed by atoms with Gasteiger partial charge in [0.05, 0.1) is 6.42 Å². The van der Waals surface area contributed by atoms with Crippen molar-refractivity contribution in [3.05, 3.63) is 0 Å². The highest BCUT2D eigenvalue weighted by atomic mass is 16.5. The zero-order valence-corrected chi connectivity index (χ0v) is 8.70. The van der Waals surface area contributed by atoms with E-state index in [9.17, 15) is 15.0 Å². The van der Waals surface area contributed by atoms with Gasteiger partial charge in [-0.15, -0.1) is 0 Å². The molecule has 0 radical (unpaired) electrons. The highest BCUT2D eigenvalue weighted by Gasteiger charge is 2.22. The van der Waals surface area contributed by atoms with Gasteiger partial charge in [0, 0.05) is 12.8 Å². The second-order valence-corrected chi connectivity index (χ2v) is 3.69. The molecule has 0 aliphatic carbocycles. The van der Waals surface area contributed by atoms with Crippen molar-refractivity contribution in [2.24, 2.45) is 0 Å². The smallest absolute Gasteiger partial charge is 0.303 e. The SMILES string of the molecule is CCCCCCC(O)(O)CCC(=O)O. The van der Waals surface area contributed by atoms with E-state index >= 15 is 0 Å². The predicted molar refractivity (Wildman–Crippen MR) is 52.8 cm³/mol. The summed E-state index contributed by atoms with van der Waals surface area (Å²) in [5.74, 6) is -2.79. The van der Waals surface area contributed by atoms with Crippen LogP contribution in [0.15, 0.2) is 0 Å². The standard InChI is InChI=1S/C10H20O4/c1-2-3-4-5-7-10(13,14)8-6-9(11)12/h13-14H,2-8H2,1H3,(H,11,12). The molecule has 0 bridgehead atoms. The summed E-state index contributed by atoms with van der Waals surface area (Å²) >= 11 is 0. The van der Waals surface area contributed by atoms with Crippen LogP contribution in [0.3, 0.4) is 0 Å². The fourth-order valence-corrected chi connectivity index (χ4v) is 1.27. The number of aliphatic hydroxyl groups is 2. The lowest BCUT2D eigenvalue weighted by Crippen LogP contribution is -2.28. The van der Waals surface area contributed by atoms with Crippen LogP contribution < -0.4 is 0 Å². The van der Waals surface area contributed by atoms with Crippen LogP contribution in [0.5, 0.6) is 0 Å². The fraction of sp³-hybridized carbons (Fsp3) is 0.900. The lowest BCUT2D eigenvalue weighted by Gasteiger charge is -2.20. The topological polar surface area (TPSA) is 77.8 Å². The van der Waals surface area contributed by atoms with Crippen molar-refractivity contribution in [1.82, 2.24) is 0 Å². The van der Waals surface area contributed by atoms with Crippen LogP contribution >= 0.6 is 0 Å². The van der Waals surface area contributed by atoms with Crippen molar-refractivity contribution in [3.8, 4) is 0 Å². The molecular formula is C10H20O4. The van der Waals surface area contributed by atoms with Gasteiger partial charge in [-0.2, -0.15) is 0 Å². The van der Waals surface area contributed by atoms with Gasteiger partial charge < -0.3 is 15.3 Å². The van der Waals surface area contributed by atoms with Crippen LogP contribution in [0, 0.1) is 0 Å². The molecule has 0 aromatic rings. The number of carboxylic acids is 1. The molecule has 84 valence electrons. The maximum Gasteiger partial charge on any atom is 0.303 e. The molecule has 0 saturated heterocycles. The molecule has 0 atom stereocenters. The molecule has 0 aromatic heterocycles. The minimum absolute atomic E-state index is 0.0888. The van der Waals surface area contributed by atoms with E-state index in [1.54, 1.807) is 0 Å². The van der Waals surface area contributed by atoms with Crippen molar-refractivity contribution >= 4 is 5.97 Å². The lowest BCUT2D eigenvalue weighted by atomic mass is 10.0. The van der Waals surface area contributed by atoms with Crippen molar-refractivity contribution in [2.75, 3.05) is 0 Å². The van der Waals surface area contributed by atoms with Crippen LogP contribution in [0.4, 0.5) is 0 Å². The number of aliphatic carboxylic acids is 1. The minimum atomic E-state index is -1.80. The summed E-state index contributed by atoms with van der Waals surface area (Å²) in [7, 11) is 0. The zero-order valence-electron chi connectivity index (χ0n) is 8.70. The second kappa shape index (κ2) is 6.79. The zero-order chi connectivity index (χ0) is 11.0. The Kier molecular flexibility index (Phi) is 6.49. The molecule has 0 rings (SSSR count). The van der Waals surface area contributed by atoms with Gasteiger partial charge in [0.25, 0.3) is 0 Å². The van der Waals surface area contributed by atoms with Gasteiger partial charge in [-0.05, 0) is 6.42 Å². The van der Waals surface area contributed by atoms with Gasteiger partial charge in [0.2, 0.25) is 0 Å². The number of unbranched alkanes of at least 4 members (excludes halogenated alkanes) is 3. The van der Waals surface area contributed by atoms with Gasteiger partial charge in [0.15, 0.2) is 5.79 Å². The molecule has 4 heteroatoms. The second-order valence-electron chi connectivity index (χ2n) is 3.69. The quantitative estimate of drug-likeness (QED) is 0.413. The molecule has 0 heterocycles. The van der Waals surface area contributed by atoms with Crippen LogP contribution in [0.2, 0.25) is 0 Å². The van der Waals surface area contributed by atoms with Crippen LogP contribution in [0.1, 0.15) is 51.9 Å². The average Bonchev–Trinajstić information content (AvgIpc) is 2.10. The number of carbonyl (C=O) groups is 1. The third-order valence-electron chi connectivity index (χ3n) is 2.17. The number of carboxylic acid groups (broad SMARTS) is 1. The maximum absolute atomic E-state index is 10.2. The Morgan fingerprint density at radius 2 is 1.79 bits per heavy atom. The van der Waals surface area contributed by atoms with Gasteiger partial charge in [0.1, 0.15) is 0 Å². The molecular weight excluding hydrogens is 184 g/mol. The first-order valence-electron chi connectivity index (χ1n) is 5.14.